The Morgan fingerprint density at radius 1 is 1.21 bits per heavy atom. The van der Waals surface area contributed by atoms with Crippen molar-refractivity contribution in [2.75, 3.05) is 11.9 Å². The number of halogens is 2. The summed E-state index contributed by atoms with van der Waals surface area (Å²) in [5.74, 6) is -0.273. The molecule has 19 heavy (non-hydrogen) atoms. The molecule has 2 rings (SSSR count). The van der Waals surface area contributed by atoms with Gasteiger partial charge in [0.25, 0.3) is 0 Å². The molecule has 0 unspecified atom stereocenters. The summed E-state index contributed by atoms with van der Waals surface area (Å²) < 4.78 is 13.6. The number of hydrogen-bond donors (Lipinski definition) is 0. The van der Waals surface area contributed by atoms with E-state index >= 15 is 0 Å². The monoisotopic (exact) mass is 274 g/mol. The van der Waals surface area contributed by atoms with E-state index in [1.807, 2.05) is 24.1 Å². The molecule has 0 aliphatic carbocycles. The van der Waals surface area contributed by atoms with Crippen LogP contribution in [0.2, 0.25) is 5.02 Å². The van der Waals surface area contributed by atoms with E-state index in [1.54, 1.807) is 18.2 Å². The molecule has 0 N–H and O–H groups in total. The third-order valence-electron chi connectivity index (χ3n) is 2.85. The SMILES string of the molecule is CN(Cc1cc(Cl)ccc1F)c1ccc(C#N)cc1. The summed E-state index contributed by atoms with van der Waals surface area (Å²) in [6.07, 6.45) is 0. The van der Waals surface area contributed by atoms with Crippen molar-refractivity contribution in [3.8, 4) is 6.07 Å². The molecule has 2 aromatic carbocycles. The highest BCUT2D eigenvalue weighted by Gasteiger charge is 2.07. The first kappa shape index (κ1) is 13.4. The van der Waals surface area contributed by atoms with Gasteiger partial charge in [0.2, 0.25) is 0 Å². The van der Waals surface area contributed by atoms with E-state index in [2.05, 4.69) is 6.07 Å². The quantitative estimate of drug-likeness (QED) is 0.846. The average Bonchev–Trinajstić information content (AvgIpc) is 2.43. The summed E-state index contributed by atoms with van der Waals surface area (Å²) in [6, 6.07) is 13.7. The predicted molar refractivity (Wildman–Crippen MR) is 74.7 cm³/mol. The highest BCUT2D eigenvalue weighted by atomic mass is 35.5. The van der Waals surface area contributed by atoms with Gasteiger partial charge >= 0.3 is 0 Å². The fourth-order valence-corrected chi connectivity index (χ4v) is 2.00. The van der Waals surface area contributed by atoms with Gasteiger partial charge in [-0.05, 0) is 42.5 Å². The highest BCUT2D eigenvalue weighted by Crippen LogP contribution is 2.20. The van der Waals surface area contributed by atoms with Crippen LogP contribution in [-0.4, -0.2) is 7.05 Å². The standard InChI is InChI=1S/C15H12ClFN2/c1-19(14-5-2-11(9-18)3-6-14)10-12-8-13(16)4-7-15(12)17/h2-8H,10H2,1H3. The molecule has 96 valence electrons. The normalized spacial score (nSPS) is 10.0. The molecule has 0 radical (unpaired) electrons. The van der Waals surface area contributed by atoms with Gasteiger partial charge in [-0.25, -0.2) is 4.39 Å². The Kier molecular flexibility index (Phi) is 4.03. The second-order valence-corrected chi connectivity index (χ2v) is 4.69. The number of rotatable bonds is 3. The van der Waals surface area contributed by atoms with E-state index in [-0.39, 0.29) is 5.82 Å². The maximum atomic E-state index is 13.6. The van der Waals surface area contributed by atoms with E-state index in [9.17, 15) is 4.39 Å². The molecule has 0 aliphatic rings. The van der Waals surface area contributed by atoms with Crippen LogP contribution in [0, 0.1) is 17.1 Å². The van der Waals surface area contributed by atoms with E-state index in [0.717, 1.165) is 5.69 Å². The molecule has 0 saturated carbocycles. The summed E-state index contributed by atoms with van der Waals surface area (Å²) >= 11 is 5.86. The molecule has 0 spiro atoms. The highest BCUT2D eigenvalue weighted by molar-refractivity contribution is 6.30. The molecule has 0 heterocycles. The van der Waals surface area contributed by atoms with Gasteiger partial charge in [0, 0.05) is 29.9 Å². The van der Waals surface area contributed by atoms with Crippen LogP contribution in [0.1, 0.15) is 11.1 Å². The molecule has 0 saturated heterocycles. The Bertz CT molecular complexity index is 617. The molecule has 0 bridgehead atoms. The minimum atomic E-state index is -0.273. The van der Waals surface area contributed by atoms with Gasteiger partial charge in [-0.1, -0.05) is 11.6 Å². The summed E-state index contributed by atoms with van der Waals surface area (Å²) in [5.41, 5.74) is 2.06. The molecular formula is C15H12ClFN2. The lowest BCUT2D eigenvalue weighted by molar-refractivity contribution is 0.608. The zero-order chi connectivity index (χ0) is 13.8. The van der Waals surface area contributed by atoms with Gasteiger partial charge in [-0.2, -0.15) is 5.26 Å². The molecular weight excluding hydrogens is 263 g/mol. The topological polar surface area (TPSA) is 27.0 Å². The molecule has 0 fully saturated rings. The zero-order valence-corrected chi connectivity index (χ0v) is 11.2. The number of nitrogens with zero attached hydrogens (tertiary/aromatic N) is 2. The van der Waals surface area contributed by atoms with Crippen molar-refractivity contribution in [3.05, 3.63) is 64.4 Å². The number of hydrogen-bond acceptors (Lipinski definition) is 2. The number of benzene rings is 2. The van der Waals surface area contributed by atoms with Crippen molar-refractivity contribution in [1.82, 2.24) is 0 Å². The first-order valence-electron chi connectivity index (χ1n) is 5.75. The molecule has 0 amide bonds. The smallest absolute Gasteiger partial charge is 0.128 e. The first-order chi connectivity index (χ1) is 9.10. The molecule has 2 aromatic rings. The fraction of sp³-hybridized carbons (Fsp3) is 0.133. The minimum absolute atomic E-state index is 0.273. The second-order valence-electron chi connectivity index (χ2n) is 4.25. The van der Waals surface area contributed by atoms with Crippen molar-refractivity contribution >= 4 is 17.3 Å². The van der Waals surface area contributed by atoms with Crippen LogP contribution in [-0.2, 0) is 6.54 Å². The Balaban J connectivity index is 2.18. The van der Waals surface area contributed by atoms with Crippen molar-refractivity contribution in [3.63, 3.8) is 0 Å². The van der Waals surface area contributed by atoms with Crippen LogP contribution in [0.3, 0.4) is 0 Å². The van der Waals surface area contributed by atoms with Gasteiger partial charge < -0.3 is 4.90 Å². The van der Waals surface area contributed by atoms with Gasteiger partial charge in [-0.15, -0.1) is 0 Å². The molecule has 0 aliphatic heterocycles. The minimum Gasteiger partial charge on any atom is -0.370 e. The molecule has 0 atom stereocenters. The summed E-state index contributed by atoms with van der Waals surface area (Å²) in [6.45, 7) is 0.415. The summed E-state index contributed by atoms with van der Waals surface area (Å²) in [7, 11) is 1.86. The lowest BCUT2D eigenvalue weighted by Crippen LogP contribution is -2.17. The van der Waals surface area contributed by atoms with Crippen molar-refractivity contribution in [1.29, 1.82) is 5.26 Å². The number of nitriles is 1. The third kappa shape index (κ3) is 3.24. The zero-order valence-electron chi connectivity index (χ0n) is 10.4. The first-order valence-corrected chi connectivity index (χ1v) is 6.13. The van der Waals surface area contributed by atoms with Gasteiger partial charge in [0.15, 0.2) is 0 Å². The van der Waals surface area contributed by atoms with Crippen LogP contribution < -0.4 is 4.90 Å². The Labute approximate surface area is 116 Å². The lowest BCUT2D eigenvalue weighted by Gasteiger charge is -2.19. The molecule has 0 aromatic heterocycles. The van der Waals surface area contributed by atoms with Gasteiger partial charge in [0.05, 0.1) is 11.6 Å². The van der Waals surface area contributed by atoms with Crippen molar-refractivity contribution in [2.45, 2.75) is 6.54 Å². The number of anilines is 1. The van der Waals surface area contributed by atoms with Crippen LogP contribution in [0.4, 0.5) is 10.1 Å². The van der Waals surface area contributed by atoms with E-state index in [1.165, 1.54) is 12.1 Å². The Morgan fingerprint density at radius 3 is 2.53 bits per heavy atom. The summed E-state index contributed by atoms with van der Waals surface area (Å²) in [5, 5.41) is 9.26. The van der Waals surface area contributed by atoms with E-state index in [0.29, 0.717) is 22.7 Å². The van der Waals surface area contributed by atoms with Crippen LogP contribution in [0.15, 0.2) is 42.5 Å². The van der Waals surface area contributed by atoms with Crippen molar-refractivity contribution in [2.24, 2.45) is 0 Å². The summed E-state index contributed by atoms with van der Waals surface area (Å²) in [4.78, 5) is 1.90. The van der Waals surface area contributed by atoms with E-state index in [4.69, 9.17) is 16.9 Å². The van der Waals surface area contributed by atoms with Crippen molar-refractivity contribution < 1.29 is 4.39 Å². The van der Waals surface area contributed by atoms with E-state index < -0.39 is 0 Å². The van der Waals surface area contributed by atoms with Crippen LogP contribution in [0.25, 0.3) is 0 Å². The largest absolute Gasteiger partial charge is 0.370 e. The Hall–Kier alpha value is -2.05. The predicted octanol–water partition coefficient (Wildman–Crippen LogP) is 3.99. The average molecular weight is 275 g/mol. The van der Waals surface area contributed by atoms with Gasteiger partial charge in [0.1, 0.15) is 5.82 Å². The maximum Gasteiger partial charge on any atom is 0.128 e. The van der Waals surface area contributed by atoms with Crippen LogP contribution >= 0.6 is 11.6 Å². The lowest BCUT2D eigenvalue weighted by atomic mass is 10.1. The Morgan fingerprint density at radius 2 is 1.89 bits per heavy atom. The fourth-order valence-electron chi connectivity index (χ4n) is 1.80. The third-order valence-corrected chi connectivity index (χ3v) is 3.09. The second kappa shape index (κ2) is 5.73. The van der Waals surface area contributed by atoms with Crippen LogP contribution in [0.5, 0.6) is 0 Å². The van der Waals surface area contributed by atoms with Gasteiger partial charge in [-0.3, -0.25) is 0 Å². The maximum absolute atomic E-state index is 13.6. The molecule has 4 heteroatoms. The molecule has 2 nitrogen and oxygen atoms in total.